The summed E-state index contributed by atoms with van der Waals surface area (Å²) in [7, 11) is 0. The Morgan fingerprint density at radius 3 is 2.93 bits per heavy atom. The molecule has 1 aromatic carbocycles. The number of hydrogen-bond acceptors (Lipinski definition) is 3. The van der Waals surface area contributed by atoms with Crippen LogP contribution in [0, 0.1) is 10.1 Å². The van der Waals surface area contributed by atoms with E-state index in [2.05, 4.69) is 5.32 Å². The average Bonchev–Trinajstić information content (AvgIpc) is 2.18. The molecule has 1 heterocycles. The Hall–Kier alpha value is -1.13. The number of nitrogens with one attached hydrogen (secondary N) is 1. The lowest BCUT2D eigenvalue weighted by molar-refractivity contribution is -0.385. The summed E-state index contributed by atoms with van der Waals surface area (Å²) in [6, 6.07) is 5.34. The Morgan fingerprint density at radius 2 is 2.27 bits per heavy atom. The molecule has 15 heavy (non-hydrogen) atoms. The molecule has 0 spiro atoms. The van der Waals surface area contributed by atoms with Gasteiger partial charge in [-0.2, -0.15) is 0 Å². The quantitative estimate of drug-likeness (QED) is 0.592. The first kappa shape index (κ1) is 11.9. The zero-order chi connectivity index (χ0) is 10.1. The monoisotopic (exact) mass is 228 g/mol. The number of halogens is 1. The predicted molar refractivity (Wildman–Crippen MR) is 60.5 cm³/mol. The second-order valence-corrected chi connectivity index (χ2v) is 3.57. The molecule has 1 unspecified atom stereocenters. The maximum atomic E-state index is 10.6. The molecular formula is C10H13ClN2O2. The Balaban J connectivity index is 0.00000112. The Labute approximate surface area is 94.2 Å². The van der Waals surface area contributed by atoms with E-state index in [9.17, 15) is 10.1 Å². The lowest BCUT2D eigenvalue weighted by Gasteiger charge is -2.23. The third kappa shape index (κ3) is 2.27. The normalized spacial score (nSPS) is 18.9. The Bertz CT molecular complexity index is 382. The molecule has 1 N–H and O–H groups in total. The fourth-order valence-corrected chi connectivity index (χ4v) is 1.86. The summed E-state index contributed by atoms with van der Waals surface area (Å²) in [6.45, 7) is 2.98. The van der Waals surface area contributed by atoms with Crippen LogP contribution >= 0.6 is 12.4 Å². The van der Waals surface area contributed by atoms with Crippen LogP contribution in [0.3, 0.4) is 0 Å². The first-order chi connectivity index (χ1) is 6.68. The van der Waals surface area contributed by atoms with E-state index in [0.29, 0.717) is 0 Å². The molecular weight excluding hydrogens is 216 g/mol. The van der Waals surface area contributed by atoms with Gasteiger partial charge in [-0.3, -0.25) is 10.1 Å². The summed E-state index contributed by atoms with van der Waals surface area (Å²) < 4.78 is 0. The van der Waals surface area contributed by atoms with Crippen molar-refractivity contribution in [1.82, 2.24) is 5.32 Å². The van der Waals surface area contributed by atoms with Gasteiger partial charge in [0.2, 0.25) is 0 Å². The standard InChI is InChI=1S/C10H12N2O2.ClH/c1-7-10-6-9(12(13)14)3-2-8(10)4-5-11-7;/h2-3,6-7,11H,4-5H2,1H3;1H. The number of non-ortho nitro benzene ring substituents is 1. The third-order valence-corrected chi connectivity index (χ3v) is 2.65. The number of hydrogen-bond donors (Lipinski definition) is 1. The molecule has 0 radical (unpaired) electrons. The van der Waals surface area contributed by atoms with E-state index < -0.39 is 0 Å². The SMILES string of the molecule is CC1NCCc2ccc([N+](=O)[O-])cc21.Cl. The van der Waals surface area contributed by atoms with Crippen molar-refractivity contribution in [2.24, 2.45) is 0 Å². The molecule has 0 fully saturated rings. The van der Waals surface area contributed by atoms with E-state index >= 15 is 0 Å². The number of nitro benzene ring substituents is 1. The van der Waals surface area contributed by atoms with Gasteiger partial charge in [-0.25, -0.2) is 0 Å². The maximum absolute atomic E-state index is 10.6. The van der Waals surface area contributed by atoms with Gasteiger partial charge >= 0.3 is 0 Å². The number of rotatable bonds is 1. The van der Waals surface area contributed by atoms with Gasteiger partial charge in [0.05, 0.1) is 4.92 Å². The first-order valence-electron chi connectivity index (χ1n) is 4.69. The second-order valence-electron chi connectivity index (χ2n) is 3.57. The van der Waals surface area contributed by atoms with E-state index in [4.69, 9.17) is 0 Å². The highest BCUT2D eigenvalue weighted by Gasteiger charge is 2.18. The van der Waals surface area contributed by atoms with Gasteiger partial charge in [0.25, 0.3) is 5.69 Å². The maximum Gasteiger partial charge on any atom is 0.269 e. The van der Waals surface area contributed by atoms with Gasteiger partial charge in [0.1, 0.15) is 0 Å². The van der Waals surface area contributed by atoms with E-state index in [1.54, 1.807) is 12.1 Å². The van der Waals surface area contributed by atoms with Crippen molar-refractivity contribution in [1.29, 1.82) is 0 Å². The molecule has 0 saturated carbocycles. The lowest BCUT2D eigenvalue weighted by atomic mass is 9.95. The van der Waals surface area contributed by atoms with Crippen LogP contribution in [0.15, 0.2) is 18.2 Å². The summed E-state index contributed by atoms with van der Waals surface area (Å²) in [4.78, 5) is 10.2. The summed E-state index contributed by atoms with van der Waals surface area (Å²) in [5.41, 5.74) is 2.46. The Kier molecular flexibility index (Phi) is 3.66. The predicted octanol–water partition coefficient (Wildman–Crippen LogP) is 2.22. The summed E-state index contributed by atoms with van der Waals surface area (Å²) >= 11 is 0. The molecule has 1 aromatic rings. The van der Waals surface area contributed by atoms with Crippen molar-refractivity contribution >= 4 is 18.1 Å². The molecule has 1 aliphatic heterocycles. The molecule has 1 aliphatic rings. The summed E-state index contributed by atoms with van der Waals surface area (Å²) in [6.07, 6.45) is 0.956. The van der Waals surface area contributed by atoms with Gasteiger partial charge in [-0.05, 0) is 31.0 Å². The van der Waals surface area contributed by atoms with Gasteiger partial charge in [-0.15, -0.1) is 12.4 Å². The largest absolute Gasteiger partial charge is 0.310 e. The van der Waals surface area contributed by atoms with Crippen LogP contribution < -0.4 is 5.32 Å². The molecule has 4 nitrogen and oxygen atoms in total. The van der Waals surface area contributed by atoms with E-state index in [1.807, 2.05) is 13.0 Å². The molecule has 2 rings (SSSR count). The van der Waals surface area contributed by atoms with Gasteiger partial charge in [-0.1, -0.05) is 6.07 Å². The van der Waals surface area contributed by atoms with E-state index in [0.717, 1.165) is 18.5 Å². The van der Waals surface area contributed by atoms with Crippen LogP contribution in [-0.4, -0.2) is 11.5 Å². The van der Waals surface area contributed by atoms with Crippen LogP contribution in [0.1, 0.15) is 24.1 Å². The average molecular weight is 229 g/mol. The minimum absolute atomic E-state index is 0. The van der Waals surface area contributed by atoms with Crippen molar-refractivity contribution in [3.63, 3.8) is 0 Å². The lowest BCUT2D eigenvalue weighted by Crippen LogP contribution is -2.27. The van der Waals surface area contributed by atoms with Crippen LogP contribution in [0.2, 0.25) is 0 Å². The van der Waals surface area contributed by atoms with Gasteiger partial charge in [0, 0.05) is 18.2 Å². The van der Waals surface area contributed by atoms with E-state index in [-0.39, 0.29) is 29.1 Å². The van der Waals surface area contributed by atoms with Crippen molar-refractivity contribution in [2.75, 3.05) is 6.54 Å². The molecule has 0 saturated heterocycles. The van der Waals surface area contributed by atoms with Crippen LogP contribution in [-0.2, 0) is 6.42 Å². The molecule has 0 amide bonds. The minimum Gasteiger partial charge on any atom is -0.310 e. The van der Waals surface area contributed by atoms with E-state index in [1.165, 1.54) is 5.56 Å². The highest BCUT2D eigenvalue weighted by molar-refractivity contribution is 5.85. The highest BCUT2D eigenvalue weighted by atomic mass is 35.5. The third-order valence-electron chi connectivity index (χ3n) is 2.65. The van der Waals surface area contributed by atoms with Crippen molar-refractivity contribution < 1.29 is 4.92 Å². The zero-order valence-corrected chi connectivity index (χ0v) is 9.21. The molecule has 5 heteroatoms. The van der Waals surface area contributed by atoms with Crippen molar-refractivity contribution in [2.45, 2.75) is 19.4 Å². The number of nitro groups is 1. The summed E-state index contributed by atoms with van der Waals surface area (Å²) in [5, 5.41) is 13.9. The van der Waals surface area contributed by atoms with Gasteiger partial charge in [0.15, 0.2) is 0 Å². The summed E-state index contributed by atoms with van der Waals surface area (Å²) in [5.74, 6) is 0. The molecule has 0 aliphatic carbocycles. The smallest absolute Gasteiger partial charge is 0.269 e. The zero-order valence-electron chi connectivity index (χ0n) is 8.40. The fourth-order valence-electron chi connectivity index (χ4n) is 1.86. The molecule has 0 bridgehead atoms. The van der Waals surface area contributed by atoms with Crippen molar-refractivity contribution in [3.05, 3.63) is 39.4 Å². The topological polar surface area (TPSA) is 55.2 Å². The van der Waals surface area contributed by atoms with Crippen LogP contribution in [0.25, 0.3) is 0 Å². The number of nitrogens with zero attached hydrogens (tertiary/aromatic N) is 1. The fraction of sp³-hybridized carbons (Fsp3) is 0.400. The second kappa shape index (κ2) is 4.59. The first-order valence-corrected chi connectivity index (χ1v) is 4.69. The molecule has 1 atom stereocenters. The minimum atomic E-state index is -0.346. The Morgan fingerprint density at radius 1 is 1.53 bits per heavy atom. The van der Waals surface area contributed by atoms with Gasteiger partial charge < -0.3 is 5.32 Å². The van der Waals surface area contributed by atoms with Crippen LogP contribution in [0.4, 0.5) is 5.69 Å². The highest BCUT2D eigenvalue weighted by Crippen LogP contribution is 2.26. The molecule has 0 aromatic heterocycles. The number of fused-ring (bicyclic) bond motifs is 1. The molecule has 82 valence electrons. The van der Waals surface area contributed by atoms with Crippen molar-refractivity contribution in [3.8, 4) is 0 Å². The number of benzene rings is 1. The van der Waals surface area contributed by atoms with Crippen LogP contribution in [0.5, 0.6) is 0 Å².